The summed E-state index contributed by atoms with van der Waals surface area (Å²) >= 11 is 0. The Morgan fingerprint density at radius 2 is 1.48 bits per heavy atom. The quantitative estimate of drug-likeness (QED) is 0.201. The molecule has 2 aromatic carbocycles. The maximum atomic E-state index is 12.3. The van der Waals surface area contributed by atoms with Crippen LogP contribution >= 0.6 is 0 Å². The van der Waals surface area contributed by atoms with Gasteiger partial charge in [0.05, 0.1) is 52.5 Å². The van der Waals surface area contributed by atoms with Crippen LogP contribution in [-0.2, 0) is 30.2 Å². The number of carboxylic acid groups (broad SMARTS) is 1. The number of amides is 1. The number of likely N-dealkylation sites (N-methyl/N-ethyl adjacent to an activating group) is 1. The molecule has 0 atom stereocenters. The third kappa shape index (κ3) is 11.8. The molecule has 11 heteroatoms. The van der Waals surface area contributed by atoms with Crippen LogP contribution in [-0.4, -0.2) is 80.2 Å². The lowest BCUT2D eigenvalue weighted by molar-refractivity contribution is -0.138. The van der Waals surface area contributed by atoms with Crippen LogP contribution in [0.25, 0.3) is 0 Å². The largest absolute Gasteiger partial charge is 0.481 e. The SMILES string of the molecule is Cc1cc(N(C)CCOCCOCCOCCC(=O)O)nc(Nc2ccc(NC(=O)Cc3ccccc3)cc2)n1. The Morgan fingerprint density at radius 3 is 2.15 bits per heavy atom. The monoisotopic (exact) mass is 551 g/mol. The molecule has 3 rings (SSSR count). The Bertz CT molecular complexity index is 1190. The minimum atomic E-state index is -0.878. The molecule has 0 saturated heterocycles. The van der Waals surface area contributed by atoms with Crippen LogP contribution in [0, 0.1) is 6.92 Å². The average molecular weight is 552 g/mol. The molecular weight excluding hydrogens is 514 g/mol. The Balaban J connectivity index is 1.37. The Labute approximate surface area is 234 Å². The zero-order chi connectivity index (χ0) is 28.6. The number of nitrogens with one attached hydrogen (secondary N) is 2. The van der Waals surface area contributed by atoms with E-state index in [0.29, 0.717) is 57.6 Å². The number of carboxylic acids is 1. The first-order valence-electron chi connectivity index (χ1n) is 13.1. The van der Waals surface area contributed by atoms with Crippen LogP contribution in [0.5, 0.6) is 0 Å². The van der Waals surface area contributed by atoms with Crippen molar-refractivity contribution in [2.24, 2.45) is 0 Å². The van der Waals surface area contributed by atoms with Crippen molar-refractivity contribution in [2.75, 3.05) is 68.8 Å². The van der Waals surface area contributed by atoms with Gasteiger partial charge in [-0.05, 0) is 36.8 Å². The summed E-state index contributed by atoms with van der Waals surface area (Å²) in [5, 5.41) is 14.7. The van der Waals surface area contributed by atoms with Crippen LogP contribution in [0.3, 0.4) is 0 Å². The number of carbonyl (C=O) groups is 2. The lowest BCUT2D eigenvalue weighted by atomic mass is 10.1. The third-order valence-electron chi connectivity index (χ3n) is 5.64. The molecule has 0 aliphatic rings. The number of ether oxygens (including phenoxy) is 3. The summed E-state index contributed by atoms with van der Waals surface area (Å²) in [4.78, 5) is 33.8. The summed E-state index contributed by atoms with van der Waals surface area (Å²) in [6.07, 6.45) is 0.310. The molecule has 1 amide bonds. The lowest BCUT2D eigenvalue weighted by Crippen LogP contribution is -2.24. The van der Waals surface area contributed by atoms with Gasteiger partial charge in [-0.1, -0.05) is 30.3 Å². The lowest BCUT2D eigenvalue weighted by Gasteiger charge is -2.19. The molecule has 0 saturated carbocycles. The van der Waals surface area contributed by atoms with Gasteiger partial charge in [0.15, 0.2) is 0 Å². The topological polar surface area (TPSA) is 135 Å². The summed E-state index contributed by atoms with van der Waals surface area (Å²) in [7, 11) is 1.94. The van der Waals surface area contributed by atoms with Crippen molar-refractivity contribution in [3.63, 3.8) is 0 Å². The first-order chi connectivity index (χ1) is 19.4. The minimum Gasteiger partial charge on any atom is -0.481 e. The maximum Gasteiger partial charge on any atom is 0.305 e. The Hall–Kier alpha value is -4.06. The smallest absolute Gasteiger partial charge is 0.305 e. The molecule has 11 nitrogen and oxygen atoms in total. The van der Waals surface area contributed by atoms with E-state index in [1.54, 1.807) is 0 Å². The second kappa shape index (κ2) is 16.8. The van der Waals surface area contributed by atoms with E-state index in [9.17, 15) is 9.59 Å². The van der Waals surface area contributed by atoms with Crippen LogP contribution < -0.4 is 15.5 Å². The van der Waals surface area contributed by atoms with Crippen molar-refractivity contribution < 1.29 is 28.9 Å². The Kier molecular flexibility index (Phi) is 12.8. The van der Waals surface area contributed by atoms with Gasteiger partial charge in [-0.3, -0.25) is 9.59 Å². The van der Waals surface area contributed by atoms with E-state index in [1.165, 1.54) is 0 Å². The van der Waals surface area contributed by atoms with Gasteiger partial charge < -0.3 is 34.9 Å². The summed E-state index contributed by atoms with van der Waals surface area (Å²) in [5.41, 5.74) is 3.30. The van der Waals surface area contributed by atoms with Crippen molar-refractivity contribution in [1.29, 1.82) is 0 Å². The molecule has 1 aromatic heterocycles. The highest BCUT2D eigenvalue weighted by molar-refractivity contribution is 5.92. The molecule has 0 radical (unpaired) electrons. The van der Waals surface area contributed by atoms with Crippen molar-refractivity contribution in [2.45, 2.75) is 19.8 Å². The zero-order valence-corrected chi connectivity index (χ0v) is 23.0. The number of aryl methyl sites for hydroxylation is 1. The van der Waals surface area contributed by atoms with Gasteiger partial charge in [-0.2, -0.15) is 4.98 Å². The number of hydrogen-bond acceptors (Lipinski definition) is 9. The fourth-order valence-electron chi connectivity index (χ4n) is 3.57. The summed E-state index contributed by atoms with van der Waals surface area (Å²) in [6.45, 7) is 4.85. The molecule has 0 unspecified atom stereocenters. The first-order valence-corrected chi connectivity index (χ1v) is 13.1. The zero-order valence-electron chi connectivity index (χ0n) is 23.0. The average Bonchev–Trinajstić information content (AvgIpc) is 2.92. The van der Waals surface area contributed by atoms with Gasteiger partial charge in [0.2, 0.25) is 11.9 Å². The molecule has 0 aliphatic carbocycles. The van der Waals surface area contributed by atoms with Gasteiger partial charge >= 0.3 is 5.97 Å². The highest BCUT2D eigenvalue weighted by Gasteiger charge is 2.09. The molecular formula is C29H37N5O6. The predicted octanol–water partition coefficient (Wildman–Crippen LogP) is 3.67. The number of anilines is 4. The first kappa shape index (κ1) is 30.5. The number of rotatable bonds is 18. The van der Waals surface area contributed by atoms with E-state index in [1.807, 2.05) is 79.5 Å². The van der Waals surface area contributed by atoms with Gasteiger partial charge in [-0.15, -0.1) is 0 Å². The van der Waals surface area contributed by atoms with Gasteiger partial charge in [-0.25, -0.2) is 4.98 Å². The van der Waals surface area contributed by atoms with Crippen molar-refractivity contribution in [3.8, 4) is 0 Å². The fourth-order valence-corrected chi connectivity index (χ4v) is 3.57. The fraction of sp³-hybridized carbons (Fsp3) is 0.379. The van der Waals surface area contributed by atoms with Gasteiger partial charge in [0, 0.05) is 36.7 Å². The summed E-state index contributed by atoms with van der Waals surface area (Å²) in [5.74, 6) is 0.287. The second-order valence-electron chi connectivity index (χ2n) is 9.01. The van der Waals surface area contributed by atoms with Gasteiger partial charge in [0.25, 0.3) is 0 Å². The van der Waals surface area contributed by atoms with Crippen molar-refractivity contribution in [3.05, 3.63) is 71.9 Å². The minimum absolute atomic E-state index is 0.00998. The van der Waals surface area contributed by atoms with E-state index >= 15 is 0 Å². The van der Waals surface area contributed by atoms with Crippen molar-refractivity contribution >= 4 is 35.0 Å². The van der Waals surface area contributed by atoms with E-state index in [4.69, 9.17) is 19.3 Å². The molecule has 3 N–H and O–H groups in total. The van der Waals surface area contributed by atoms with Gasteiger partial charge in [0.1, 0.15) is 5.82 Å². The molecule has 3 aromatic rings. The molecule has 40 heavy (non-hydrogen) atoms. The summed E-state index contributed by atoms with van der Waals surface area (Å²) in [6, 6.07) is 18.9. The highest BCUT2D eigenvalue weighted by Crippen LogP contribution is 2.20. The van der Waals surface area contributed by atoms with E-state index < -0.39 is 5.97 Å². The predicted molar refractivity (Wildman–Crippen MR) is 153 cm³/mol. The van der Waals surface area contributed by atoms with Crippen LogP contribution in [0.15, 0.2) is 60.7 Å². The van der Waals surface area contributed by atoms with E-state index in [0.717, 1.165) is 22.8 Å². The standard InChI is InChI=1S/C29H37N5O6/c1-22-20-26(34(2)13-15-39-17-19-40-18-16-38-14-12-28(36)37)33-29(30-22)32-25-10-8-24(9-11-25)31-27(35)21-23-6-4-3-5-7-23/h3-11,20H,12-19,21H2,1-2H3,(H,31,35)(H,36,37)(H,30,32,33). The highest BCUT2D eigenvalue weighted by atomic mass is 16.5. The van der Waals surface area contributed by atoms with E-state index in [2.05, 4.69) is 20.6 Å². The number of benzene rings is 2. The molecule has 214 valence electrons. The molecule has 0 bridgehead atoms. The van der Waals surface area contributed by atoms with Crippen LogP contribution in [0.2, 0.25) is 0 Å². The van der Waals surface area contributed by atoms with Crippen LogP contribution in [0.4, 0.5) is 23.1 Å². The number of hydrogen-bond donors (Lipinski definition) is 3. The maximum absolute atomic E-state index is 12.3. The number of aliphatic carboxylic acids is 1. The normalized spacial score (nSPS) is 10.8. The number of nitrogens with zero attached hydrogens (tertiary/aromatic N) is 3. The van der Waals surface area contributed by atoms with Crippen molar-refractivity contribution in [1.82, 2.24) is 9.97 Å². The molecule has 0 aliphatic heterocycles. The van der Waals surface area contributed by atoms with E-state index in [-0.39, 0.29) is 18.9 Å². The Morgan fingerprint density at radius 1 is 0.850 bits per heavy atom. The van der Waals surface area contributed by atoms with Crippen LogP contribution in [0.1, 0.15) is 17.7 Å². The number of carbonyl (C=O) groups excluding carboxylic acids is 1. The summed E-state index contributed by atoms with van der Waals surface area (Å²) < 4.78 is 16.2. The molecule has 1 heterocycles. The number of aromatic nitrogens is 2. The molecule has 0 spiro atoms. The second-order valence-corrected chi connectivity index (χ2v) is 9.01. The third-order valence-corrected chi connectivity index (χ3v) is 5.64. The molecule has 0 fully saturated rings.